The molecule has 20 heavy (non-hydrogen) atoms. The number of nitrogens with zero attached hydrogens (tertiary/aromatic N) is 1. The zero-order valence-electron chi connectivity index (χ0n) is 11.1. The highest BCUT2D eigenvalue weighted by atomic mass is 35.5. The Balaban J connectivity index is 1.80. The van der Waals surface area contributed by atoms with E-state index in [1.54, 1.807) is 6.07 Å². The lowest BCUT2D eigenvalue weighted by Gasteiger charge is -2.12. The van der Waals surface area contributed by atoms with Crippen LogP contribution >= 0.6 is 11.6 Å². The van der Waals surface area contributed by atoms with Crippen molar-refractivity contribution in [1.82, 2.24) is 5.43 Å². The number of benzene rings is 2. The van der Waals surface area contributed by atoms with Gasteiger partial charge in [0, 0.05) is 17.0 Å². The number of hydrazone groups is 1. The van der Waals surface area contributed by atoms with Gasteiger partial charge < -0.3 is 10.5 Å². The first-order valence-electron chi connectivity index (χ1n) is 6.51. The van der Waals surface area contributed by atoms with Crippen molar-refractivity contribution >= 4 is 17.3 Å². The first kappa shape index (κ1) is 13.0. The van der Waals surface area contributed by atoms with Gasteiger partial charge in [0.15, 0.2) is 0 Å². The predicted octanol–water partition coefficient (Wildman–Crippen LogP) is 3.79. The van der Waals surface area contributed by atoms with Gasteiger partial charge in [0.25, 0.3) is 0 Å². The van der Waals surface area contributed by atoms with Crippen molar-refractivity contribution in [2.24, 2.45) is 5.10 Å². The standard InChI is InChI=1S/C16H15ClN2O/c1-10-2-7-13(16(20)8-10)15-9-14(18-19-15)11-3-5-12(17)6-4-11/h2-8,15,19-20H,9H2,1H3. The fourth-order valence-corrected chi connectivity index (χ4v) is 2.52. The quantitative estimate of drug-likeness (QED) is 0.882. The van der Waals surface area contributed by atoms with Gasteiger partial charge in [-0.05, 0) is 36.2 Å². The van der Waals surface area contributed by atoms with E-state index in [1.165, 1.54) is 0 Å². The Hall–Kier alpha value is -2.00. The normalized spacial score (nSPS) is 17.7. The lowest BCUT2D eigenvalue weighted by Crippen LogP contribution is -2.10. The van der Waals surface area contributed by atoms with E-state index in [0.29, 0.717) is 10.8 Å². The molecule has 0 amide bonds. The second-order valence-corrected chi connectivity index (χ2v) is 5.45. The maximum Gasteiger partial charge on any atom is 0.121 e. The summed E-state index contributed by atoms with van der Waals surface area (Å²) in [6, 6.07) is 13.4. The number of nitrogens with one attached hydrogen (secondary N) is 1. The van der Waals surface area contributed by atoms with Crippen LogP contribution in [-0.4, -0.2) is 10.8 Å². The summed E-state index contributed by atoms with van der Waals surface area (Å²) >= 11 is 5.89. The molecule has 4 heteroatoms. The smallest absolute Gasteiger partial charge is 0.121 e. The molecular weight excluding hydrogens is 272 g/mol. The lowest BCUT2D eigenvalue weighted by molar-refractivity contribution is 0.455. The summed E-state index contributed by atoms with van der Waals surface area (Å²) in [6.45, 7) is 1.96. The highest BCUT2D eigenvalue weighted by Gasteiger charge is 2.23. The Morgan fingerprint density at radius 2 is 1.95 bits per heavy atom. The number of aromatic hydroxyl groups is 1. The molecule has 0 saturated heterocycles. The molecule has 0 saturated carbocycles. The third-order valence-electron chi connectivity index (χ3n) is 3.49. The second kappa shape index (κ2) is 5.17. The highest BCUT2D eigenvalue weighted by Crippen LogP contribution is 2.31. The molecule has 0 radical (unpaired) electrons. The van der Waals surface area contributed by atoms with Crippen LogP contribution in [0.3, 0.4) is 0 Å². The van der Waals surface area contributed by atoms with Gasteiger partial charge in [-0.3, -0.25) is 0 Å². The van der Waals surface area contributed by atoms with Crippen molar-refractivity contribution in [3.8, 4) is 5.75 Å². The number of halogens is 1. The third kappa shape index (κ3) is 2.49. The van der Waals surface area contributed by atoms with Gasteiger partial charge in [-0.1, -0.05) is 35.9 Å². The molecule has 1 unspecified atom stereocenters. The molecule has 0 bridgehead atoms. The Morgan fingerprint density at radius 3 is 2.65 bits per heavy atom. The van der Waals surface area contributed by atoms with E-state index in [0.717, 1.165) is 28.8 Å². The van der Waals surface area contributed by atoms with Crippen molar-refractivity contribution < 1.29 is 5.11 Å². The Labute approximate surface area is 122 Å². The zero-order chi connectivity index (χ0) is 14.1. The summed E-state index contributed by atoms with van der Waals surface area (Å²) in [6.07, 6.45) is 0.748. The average molecular weight is 287 g/mol. The van der Waals surface area contributed by atoms with E-state index in [9.17, 15) is 5.11 Å². The average Bonchev–Trinajstić information content (AvgIpc) is 2.89. The summed E-state index contributed by atoms with van der Waals surface area (Å²) in [5.41, 5.74) is 7.04. The molecule has 1 atom stereocenters. The molecule has 2 aromatic carbocycles. The Kier molecular flexibility index (Phi) is 3.36. The van der Waals surface area contributed by atoms with E-state index in [1.807, 2.05) is 43.3 Å². The Bertz CT molecular complexity index is 665. The van der Waals surface area contributed by atoms with E-state index in [-0.39, 0.29) is 6.04 Å². The van der Waals surface area contributed by atoms with Crippen LogP contribution in [0.15, 0.2) is 47.6 Å². The summed E-state index contributed by atoms with van der Waals surface area (Å²) in [5.74, 6) is 0.315. The molecule has 102 valence electrons. The van der Waals surface area contributed by atoms with E-state index >= 15 is 0 Å². The molecule has 1 heterocycles. The van der Waals surface area contributed by atoms with Crippen molar-refractivity contribution in [1.29, 1.82) is 0 Å². The largest absolute Gasteiger partial charge is 0.508 e. The fourth-order valence-electron chi connectivity index (χ4n) is 2.39. The van der Waals surface area contributed by atoms with Crippen molar-refractivity contribution in [2.45, 2.75) is 19.4 Å². The molecule has 0 aliphatic carbocycles. The number of rotatable bonds is 2. The third-order valence-corrected chi connectivity index (χ3v) is 3.74. The van der Waals surface area contributed by atoms with Crippen LogP contribution in [0.1, 0.15) is 29.2 Å². The van der Waals surface area contributed by atoms with Gasteiger partial charge in [0.1, 0.15) is 5.75 Å². The number of phenols is 1. The van der Waals surface area contributed by atoms with Gasteiger partial charge in [0.05, 0.1) is 11.8 Å². The molecular formula is C16H15ClN2O. The van der Waals surface area contributed by atoms with Gasteiger partial charge in [0.2, 0.25) is 0 Å². The number of phenolic OH excluding ortho intramolecular Hbond substituents is 1. The Morgan fingerprint density at radius 1 is 1.20 bits per heavy atom. The van der Waals surface area contributed by atoms with Crippen LogP contribution in [0, 0.1) is 6.92 Å². The number of hydrogen-bond donors (Lipinski definition) is 2. The van der Waals surface area contributed by atoms with Crippen LogP contribution in [0.2, 0.25) is 5.02 Å². The minimum atomic E-state index is 0.0151. The maximum absolute atomic E-state index is 10.0. The zero-order valence-corrected chi connectivity index (χ0v) is 11.9. The molecule has 1 aliphatic rings. The van der Waals surface area contributed by atoms with E-state index in [4.69, 9.17) is 11.6 Å². The monoisotopic (exact) mass is 286 g/mol. The van der Waals surface area contributed by atoms with Crippen molar-refractivity contribution in [3.63, 3.8) is 0 Å². The van der Waals surface area contributed by atoms with Gasteiger partial charge in [-0.25, -0.2) is 0 Å². The van der Waals surface area contributed by atoms with Crippen molar-refractivity contribution in [2.75, 3.05) is 0 Å². The first-order valence-corrected chi connectivity index (χ1v) is 6.89. The van der Waals surface area contributed by atoms with Crippen LogP contribution in [0.4, 0.5) is 0 Å². The molecule has 3 rings (SSSR count). The molecule has 0 fully saturated rings. The molecule has 0 spiro atoms. The summed E-state index contributed by atoms with van der Waals surface area (Å²) < 4.78 is 0. The van der Waals surface area contributed by atoms with Crippen LogP contribution in [0.5, 0.6) is 5.75 Å². The predicted molar refractivity (Wildman–Crippen MR) is 81.3 cm³/mol. The van der Waals surface area contributed by atoms with Crippen LogP contribution in [0.25, 0.3) is 0 Å². The van der Waals surface area contributed by atoms with Gasteiger partial charge >= 0.3 is 0 Å². The molecule has 1 aliphatic heterocycles. The molecule has 3 nitrogen and oxygen atoms in total. The molecule has 0 aromatic heterocycles. The van der Waals surface area contributed by atoms with Gasteiger partial charge in [-0.15, -0.1) is 0 Å². The first-order chi connectivity index (χ1) is 9.63. The van der Waals surface area contributed by atoms with E-state index in [2.05, 4.69) is 10.5 Å². The SMILES string of the molecule is Cc1ccc(C2CC(c3ccc(Cl)cc3)=NN2)c(O)c1. The molecule has 2 N–H and O–H groups in total. The summed E-state index contributed by atoms with van der Waals surface area (Å²) in [5, 5.41) is 15.1. The van der Waals surface area contributed by atoms with Crippen LogP contribution in [-0.2, 0) is 0 Å². The minimum absolute atomic E-state index is 0.0151. The van der Waals surface area contributed by atoms with Crippen molar-refractivity contribution in [3.05, 3.63) is 64.2 Å². The van der Waals surface area contributed by atoms with Gasteiger partial charge in [-0.2, -0.15) is 5.10 Å². The lowest BCUT2D eigenvalue weighted by atomic mass is 9.98. The van der Waals surface area contributed by atoms with Crippen LogP contribution < -0.4 is 5.43 Å². The van der Waals surface area contributed by atoms with E-state index < -0.39 is 0 Å². The summed E-state index contributed by atoms with van der Waals surface area (Å²) in [7, 11) is 0. The maximum atomic E-state index is 10.0. The summed E-state index contributed by atoms with van der Waals surface area (Å²) in [4.78, 5) is 0. The molecule has 2 aromatic rings. The topological polar surface area (TPSA) is 44.6 Å². The minimum Gasteiger partial charge on any atom is -0.508 e. The second-order valence-electron chi connectivity index (χ2n) is 5.01. The fraction of sp³-hybridized carbons (Fsp3) is 0.188. The highest BCUT2D eigenvalue weighted by molar-refractivity contribution is 6.30. The number of hydrogen-bond acceptors (Lipinski definition) is 3. The number of aryl methyl sites for hydroxylation is 1.